The molecule has 0 spiro atoms. The molecule has 8 heteroatoms. The van der Waals surface area contributed by atoms with Crippen molar-refractivity contribution in [3.05, 3.63) is 53.3 Å². The molecular weight excluding hydrogens is 466 g/mol. The lowest BCUT2D eigenvalue weighted by atomic mass is 9.91. The number of fused-ring (bicyclic) bond motifs is 2. The Hall–Kier alpha value is -2.84. The van der Waals surface area contributed by atoms with Gasteiger partial charge >= 0.3 is 6.09 Å². The first-order valence-electron chi connectivity index (χ1n) is 13.5. The van der Waals surface area contributed by atoms with Crippen LogP contribution in [0.4, 0.5) is 10.5 Å². The Labute approximate surface area is 221 Å². The number of likely N-dealkylation sites (N-methyl/N-ethyl adjacent to an activating group) is 2. The van der Waals surface area contributed by atoms with Crippen molar-refractivity contribution < 1.29 is 14.3 Å². The van der Waals surface area contributed by atoms with Gasteiger partial charge in [-0.05, 0) is 70.6 Å². The Bertz CT molecular complexity index is 1110. The molecule has 3 aliphatic rings. The number of ether oxygens (including phenoxy) is 2. The summed E-state index contributed by atoms with van der Waals surface area (Å²) in [5, 5.41) is 0. The molecular formula is C29H41N5O3. The summed E-state index contributed by atoms with van der Waals surface area (Å²) >= 11 is 0. The number of piperazine rings is 1. The summed E-state index contributed by atoms with van der Waals surface area (Å²) in [7, 11) is 4.33. The fourth-order valence-corrected chi connectivity index (χ4v) is 5.79. The fraction of sp³-hybridized carbons (Fsp3) is 0.586. The van der Waals surface area contributed by atoms with Crippen LogP contribution in [-0.2, 0) is 17.7 Å². The van der Waals surface area contributed by atoms with Crippen LogP contribution >= 0.6 is 0 Å². The average Bonchev–Trinajstić information content (AvgIpc) is 2.87. The van der Waals surface area contributed by atoms with E-state index in [1.807, 2.05) is 44.0 Å². The van der Waals surface area contributed by atoms with Crippen molar-refractivity contribution in [3.63, 3.8) is 0 Å². The van der Waals surface area contributed by atoms with E-state index in [0.717, 1.165) is 57.0 Å². The van der Waals surface area contributed by atoms with E-state index in [4.69, 9.17) is 9.47 Å². The molecule has 3 aliphatic heterocycles. The Balaban J connectivity index is 1.43. The van der Waals surface area contributed by atoms with Gasteiger partial charge in [-0.3, -0.25) is 14.8 Å². The van der Waals surface area contributed by atoms with Crippen molar-refractivity contribution >= 4 is 11.8 Å². The topological polar surface area (TPSA) is 61.4 Å². The van der Waals surface area contributed by atoms with Crippen LogP contribution in [-0.4, -0.2) is 90.8 Å². The molecule has 200 valence electrons. The highest BCUT2D eigenvalue weighted by Crippen LogP contribution is 2.36. The van der Waals surface area contributed by atoms with Crippen molar-refractivity contribution in [2.45, 2.75) is 57.8 Å². The average molecular weight is 508 g/mol. The van der Waals surface area contributed by atoms with E-state index in [0.29, 0.717) is 13.2 Å². The maximum Gasteiger partial charge on any atom is 0.410 e. The Kier molecular flexibility index (Phi) is 7.32. The molecule has 4 heterocycles. The predicted molar refractivity (Wildman–Crippen MR) is 145 cm³/mol. The lowest BCUT2D eigenvalue weighted by Gasteiger charge is -2.43. The van der Waals surface area contributed by atoms with Gasteiger partial charge in [0.05, 0.1) is 24.4 Å². The molecule has 1 fully saturated rings. The first-order chi connectivity index (χ1) is 17.7. The van der Waals surface area contributed by atoms with E-state index in [1.165, 1.54) is 16.8 Å². The van der Waals surface area contributed by atoms with Gasteiger partial charge in [0, 0.05) is 57.6 Å². The van der Waals surface area contributed by atoms with Crippen LogP contribution in [0, 0.1) is 0 Å². The maximum atomic E-state index is 13.4. The Morgan fingerprint density at radius 1 is 1.16 bits per heavy atom. The first-order valence-corrected chi connectivity index (χ1v) is 13.5. The number of anilines is 1. The van der Waals surface area contributed by atoms with Gasteiger partial charge in [-0.15, -0.1) is 0 Å². The summed E-state index contributed by atoms with van der Waals surface area (Å²) in [4.78, 5) is 27.3. The van der Waals surface area contributed by atoms with Gasteiger partial charge < -0.3 is 19.3 Å². The number of pyridine rings is 1. The van der Waals surface area contributed by atoms with Crippen LogP contribution in [0.5, 0.6) is 5.75 Å². The summed E-state index contributed by atoms with van der Waals surface area (Å²) in [6.07, 6.45) is 3.27. The molecule has 0 bridgehead atoms. The van der Waals surface area contributed by atoms with E-state index < -0.39 is 5.60 Å². The van der Waals surface area contributed by atoms with Gasteiger partial charge in [0.15, 0.2) is 0 Å². The third kappa shape index (κ3) is 5.70. The summed E-state index contributed by atoms with van der Waals surface area (Å²) in [6.45, 7) is 11.9. The number of benzene rings is 1. The summed E-state index contributed by atoms with van der Waals surface area (Å²) < 4.78 is 11.7. The molecule has 1 aromatic carbocycles. The highest BCUT2D eigenvalue weighted by atomic mass is 16.6. The second-order valence-corrected chi connectivity index (χ2v) is 11.7. The molecule has 1 aromatic heterocycles. The van der Waals surface area contributed by atoms with Crippen LogP contribution in [0.15, 0.2) is 36.5 Å². The van der Waals surface area contributed by atoms with E-state index >= 15 is 0 Å². The molecule has 1 unspecified atom stereocenters. The molecule has 2 atom stereocenters. The molecule has 1 saturated heterocycles. The second kappa shape index (κ2) is 10.5. The predicted octanol–water partition coefficient (Wildman–Crippen LogP) is 3.95. The Morgan fingerprint density at radius 2 is 1.95 bits per heavy atom. The van der Waals surface area contributed by atoms with Gasteiger partial charge in [0.25, 0.3) is 0 Å². The zero-order chi connectivity index (χ0) is 26.2. The van der Waals surface area contributed by atoms with Crippen molar-refractivity contribution in [1.29, 1.82) is 0 Å². The number of rotatable bonds is 4. The van der Waals surface area contributed by atoms with Crippen LogP contribution < -0.4 is 9.64 Å². The summed E-state index contributed by atoms with van der Waals surface area (Å²) in [5.74, 6) is 0.862. The number of carbonyl (C=O) groups excluding carboxylic acids is 1. The summed E-state index contributed by atoms with van der Waals surface area (Å²) in [6, 6.07) is 10.6. The largest absolute Gasteiger partial charge is 0.492 e. The van der Waals surface area contributed by atoms with Crippen molar-refractivity contribution in [1.82, 2.24) is 19.7 Å². The zero-order valence-electron chi connectivity index (χ0n) is 22.9. The number of carbonyl (C=O) groups is 1. The lowest BCUT2D eigenvalue weighted by Crippen LogP contribution is -2.52. The monoisotopic (exact) mass is 507 g/mol. The third-order valence-corrected chi connectivity index (χ3v) is 7.74. The number of amides is 1. The molecule has 2 aromatic rings. The maximum absolute atomic E-state index is 13.4. The van der Waals surface area contributed by atoms with Crippen molar-refractivity contribution in [3.8, 4) is 5.75 Å². The molecule has 5 rings (SSSR count). The molecule has 0 N–H and O–H groups in total. The van der Waals surface area contributed by atoms with Crippen LogP contribution in [0.3, 0.4) is 0 Å². The van der Waals surface area contributed by atoms with Crippen LogP contribution in [0.2, 0.25) is 0 Å². The molecule has 0 saturated carbocycles. The number of hydrogen-bond acceptors (Lipinski definition) is 7. The fourth-order valence-electron chi connectivity index (χ4n) is 5.79. The van der Waals surface area contributed by atoms with E-state index in [2.05, 4.69) is 52.0 Å². The standard InChI is InChI=1S/C29H41N5O3/c1-29(2,3)37-28(35)34-19-21-8-6-9-24(33-15-13-31(4)14-16-33)23(21)18-22(34)20-32(5)25-11-17-36-26-10-7-12-30-27(25)26/h6-10,12,22,25H,11,13-20H2,1-5H3/t22?,25-/m0/s1. The third-order valence-electron chi connectivity index (χ3n) is 7.74. The highest BCUT2D eigenvalue weighted by Gasteiger charge is 2.37. The Morgan fingerprint density at radius 3 is 2.70 bits per heavy atom. The zero-order valence-corrected chi connectivity index (χ0v) is 22.9. The molecule has 0 aliphatic carbocycles. The van der Waals surface area contributed by atoms with Gasteiger partial charge in [0.1, 0.15) is 11.4 Å². The highest BCUT2D eigenvalue weighted by molar-refractivity contribution is 5.70. The molecule has 8 nitrogen and oxygen atoms in total. The summed E-state index contributed by atoms with van der Waals surface area (Å²) in [5.41, 5.74) is 4.35. The van der Waals surface area contributed by atoms with Gasteiger partial charge in [-0.1, -0.05) is 12.1 Å². The number of aromatic nitrogens is 1. The van der Waals surface area contributed by atoms with Gasteiger partial charge in [-0.2, -0.15) is 0 Å². The minimum Gasteiger partial charge on any atom is -0.492 e. The van der Waals surface area contributed by atoms with E-state index in [-0.39, 0.29) is 18.2 Å². The van der Waals surface area contributed by atoms with Gasteiger partial charge in [-0.25, -0.2) is 4.79 Å². The van der Waals surface area contributed by atoms with Crippen molar-refractivity contribution in [2.75, 3.05) is 58.3 Å². The lowest BCUT2D eigenvalue weighted by molar-refractivity contribution is 0.00586. The quantitative estimate of drug-likeness (QED) is 0.621. The van der Waals surface area contributed by atoms with E-state index in [9.17, 15) is 4.79 Å². The smallest absolute Gasteiger partial charge is 0.410 e. The van der Waals surface area contributed by atoms with Crippen LogP contribution in [0.1, 0.15) is 50.1 Å². The number of nitrogens with zero attached hydrogens (tertiary/aromatic N) is 5. The van der Waals surface area contributed by atoms with Crippen LogP contribution in [0.25, 0.3) is 0 Å². The van der Waals surface area contributed by atoms with Gasteiger partial charge in [0.2, 0.25) is 0 Å². The minimum atomic E-state index is -0.543. The first kappa shape index (κ1) is 25.8. The molecule has 1 amide bonds. The van der Waals surface area contributed by atoms with E-state index in [1.54, 1.807) is 0 Å². The number of hydrogen-bond donors (Lipinski definition) is 0. The SMILES string of the molecule is CN1CCN(c2cccc3c2CC(CN(C)[C@H]2CCOc4cccnc42)N(C(=O)OC(C)(C)C)C3)CC1. The normalized spacial score (nSPS) is 22.3. The molecule has 0 radical (unpaired) electrons. The second-order valence-electron chi connectivity index (χ2n) is 11.7. The van der Waals surface area contributed by atoms with Crippen molar-refractivity contribution in [2.24, 2.45) is 0 Å². The minimum absolute atomic E-state index is 0.00373. The molecule has 37 heavy (non-hydrogen) atoms.